The first kappa shape index (κ1) is 8.23. The molecule has 0 aliphatic carbocycles. The minimum Gasteiger partial charge on any atom is -0.351 e. The van der Waals surface area contributed by atoms with E-state index in [9.17, 15) is 4.79 Å². The molecule has 4 nitrogen and oxygen atoms in total. The Morgan fingerprint density at radius 3 is 1.78 bits per heavy atom. The Hall–Kier alpha value is -0.770. The molecule has 0 unspecified atom stereocenters. The first-order chi connectivity index (χ1) is 4.04. The normalized spacial score (nSPS) is 9.44. The number of nitrogens with zero attached hydrogens (tertiary/aromatic N) is 2. The number of amides is 1. The zero-order valence-electron chi connectivity index (χ0n) is 6.21. The van der Waals surface area contributed by atoms with Gasteiger partial charge in [-0.05, 0) is 0 Å². The summed E-state index contributed by atoms with van der Waals surface area (Å²) in [5, 5.41) is 1.35. The molecular formula is C5H12N2O2. The van der Waals surface area contributed by atoms with Gasteiger partial charge in [0.25, 0.3) is 0 Å². The van der Waals surface area contributed by atoms with Gasteiger partial charge in [-0.3, -0.25) is 0 Å². The summed E-state index contributed by atoms with van der Waals surface area (Å²) >= 11 is 0. The van der Waals surface area contributed by atoms with Gasteiger partial charge in [0.15, 0.2) is 0 Å². The minimum atomic E-state index is -0.361. The maximum atomic E-state index is 10.6. The van der Waals surface area contributed by atoms with E-state index in [1.165, 1.54) is 9.96 Å². The molecule has 0 aliphatic rings. The second kappa shape index (κ2) is 3.29. The number of rotatable bonds is 1. The Labute approximate surface area is 54.9 Å². The fourth-order valence-corrected chi connectivity index (χ4v) is 0.238. The molecule has 0 aliphatic heterocycles. The fourth-order valence-electron chi connectivity index (χ4n) is 0.238. The molecule has 0 spiro atoms. The third kappa shape index (κ3) is 3.78. The van der Waals surface area contributed by atoms with Gasteiger partial charge in [0, 0.05) is 28.2 Å². The molecule has 0 radical (unpaired) electrons. The van der Waals surface area contributed by atoms with Crippen molar-refractivity contribution in [1.82, 2.24) is 9.96 Å². The van der Waals surface area contributed by atoms with Crippen LogP contribution in [0.5, 0.6) is 0 Å². The number of hydrogen-bond acceptors (Lipinski definition) is 3. The molecule has 0 aromatic rings. The Balaban J connectivity index is 3.51. The van der Waals surface area contributed by atoms with Crippen LogP contribution in [0.3, 0.4) is 0 Å². The Kier molecular flexibility index (Phi) is 3.01. The monoisotopic (exact) mass is 132 g/mol. The fraction of sp³-hybridized carbons (Fsp3) is 0.800. The summed E-state index contributed by atoms with van der Waals surface area (Å²) in [5.74, 6) is 0. The standard InChI is InChI=1S/C5H12N2O2/c1-6(2)5(8)9-7(3)4/h1-4H3. The number of hydroxylamine groups is 2. The van der Waals surface area contributed by atoms with E-state index in [4.69, 9.17) is 0 Å². The van der Waals surface area contributed by atoms with Crippen molar-refractivity contribution in [1.29, 1.82) is 0 Å². The average Bonchev–Trinajstić information content (AvgIpc) is 1.63. The molecule has 0 aromatic heterocycles. The summed E-state index contributed by atoms with van der Waals surface area (Å²) in [5.41, 5.74) is 0. The van der Waals surface area contributed by atoms with E-state index in [1.807, 2.05) is 0 Å². The summed E-state index contributed by atoms with van der Waals surface area (Å²) in [7, 11) is 6.57. The average molecular weight is 132 g/mol. The van der Waals surface area contributed by atoms with E-state index in [1.54, 1.807) is 28.2 Å². The molecule has 0 fully saturated rings. The Morgan fingerprint density at radius 2 is 1.67 bits per heavy atom. The van der Waals surface area contributed by atoms with Gasteiger partial charge in [0.1, 0.15) is 0 Å². The third-order valence-corrected chi connectivity index (χ3v) is 0.626. The molecule has 0 saturated carbocycles. The van der Waals surface area contributed by atoms with Crippen LogP contribution in [-0.2, 0) is 4.84 Å². The van der Waals surface area contributed by atoms with Crippen LogP contribution in [0.1, 0.15) is 0 Å². The van der Waals surface area contributed by atoms with Crippen molar-refractivity contribution in [2.24, 2.45) is 0 Å². The summed E-state index contributed by atoms with van der Waals surface area (Å²) in [4.78, 5) is 16.6. The van der Waals surface area contributed by atoms with E-state index in [0.717, 1.165) is 0 Å². The molecule has 0 saturated heterocycles. The Morgan fingerprint density at radius 1 is 1.22 bits per heavy atom. The lowest BCUT2D eigenvalue weighted by Crippen LogP contribution is -2.28. The summed E-state index contributed by atoms with van der Waals surface area (Å²) in [6.07, 6.45) is -0.361. The van der Waals surface area contributed by atoms with Gasteiger partial charge in [-0.2, -0.15) is 0 Å². The highest BCUT2D eigenvalue weighted by atomic mass is 16.7. The largest absolute Gasteiger partial charge is 0.428 e. The van der Waals surface area contributed by atoms with Crippen molar-refractivity contribution in [3.63, 3.8) is 0 Å². The second-order valence-corrected chi connectivity index (χ2v) is 2.06. The third-order valence-electron chi connectivity index (χ3n) is 0.626. The van der Waals surface area contributed by atoms with Crippen LogP contribution in [0.2, 0.25) is 0 Å². The molecule has 0 atom stereocenters. The zero-order valence-corrected chi connectivity index (χ0v) is 6.21. The lowest BCUT2D eigenvalue weighted by Gasteiger charge is -2.14. The van der Waals surface area contributed by atoms with Crippen LogP contribution in [0, 0.1) is 0 Å². The van der Waals surface area contributed by atoms with Gasteiger partial charge in [0.05, 0.1) is 0 Å². The predicted octanol–water partition coefficient (Wildman–Crippen LogP) is 0.161. The van der Waals surface area contributed by atoms with Gasteiger partial charge < -0.3 is 9.74 Å². The highest BCUT2D eigenvalue weighted by Crippen LogP contribution is 1.85. The van der Waals surface area contributed by atoms with E-state index in [0.29, 0.717) is 0 Å². The van der Waals surface area contributed by atoms with Crippen molar-refractivity contribution in [2.45, 2.75) is 0 Å². The van der Waals surface area contributed by atoms with Crippen molar-refractivity contribution >= 4 is 6.09 Å². The SMILES string of the molecule is CN(C)OC(=O)N(C)C. The lowest BCUT2D eigenvalue weighted by molar-refractivity contribution is -0.0667. The molecule has 4 heteroatoms. The van der Waals surface area contributed by atoms with Crippen molar-refractivity contribution in [3.05, 3.63) is 0 Å². The summed E-state index contributed by atoms with van der Waals surface area (Å²) in [6.45, 7) is 0. The molecule has 0 aromatic carbocycles. The molecule has 0 rings (SSSR count). The lowest BCUT2D eigenvalue weighted by atomic mass is 10.9. The molecule has 0 bridgehead atoms. The highest BCUT2D eigenvalue weighted by molar-refractivity contribution is 5.66. The molecule has 0 heterocycles. The van der Waals surface area contributed by atoms with Crippen LogP contribution in [0.25, 0.3) is 0 Å². The van der Waals surface area contributed by atoms with Crippen LogP contribution in [0.15, 0.2) is 0 Å². The van der Waals surface area contributed by atoms with Crippen LogP contribution < -0.4 is 0 Å². The molecular weight excluding hydrogens is 120 g/mol. The van der Waals surface area contributed by atoms with Crippen molar-refractivity contribution in [2.75, 3.05) is 28.2 Å². The summed E-state index contributed by atoms with van der Waals surface area (Å²) < 4.78 is 0. The summed E-state index contributed by atoms with van der Waals surface area (Å²) in [6, 6.07) is 0. The van der Waals surface area contributed by atoms with Crippen molar-refractivity contribution in [3.8, 4) is 0 Å². The minimum absolute atomic E-state index is 0.361. The maximum absolute atomic E-state index is 10.6. The second-order valence-electron chi connectivity index (χ2n) is 2.06. The first-order valence-electron chi connectivity index (χ1n) is 2.60. The highest BCUT2D eigenvalue weighted by Gasteiger charge is 2.04. The van der Waals surface area contributed by atoms with Gasteiger partial charge in [-0.15, -0.1) is 5.06 Å². The predicted molar refractivity (Wildman–Crippen MR) is 33.9 cm³/mol. The molecule has 54 valence electrons. The number of hydrogen-bond donors (Lipinski definition) is 0. The molecule has 0 N–H and O–H groups in total. The Bertz CT molecular complexity index is 101. The van der Waals surface area contributed by atoms with E-state index in [2.05, 4.69) is 4.84 Å². The molecule has 9 heavy (non-hydrogen) atoms. The zero-order chi connectivity index (χ0) is 7.44. The molecule has 1 amide bonds. The smallest absolute Gasteiger partial charge is 0.351 e. The van der Waals surface area contributed by atoms with E-state index < -0.39 is 0 Å². The quantitative estimate of drug-likeness (QED) is 0.476. The van der Waals surface area contributed by atoms with Gasteiger partial charge in [-0.25, -0.2) is 4.79 Å². The van der Waals surface area contributed by atoms with Crippen molar-refractivity contribution < 1.29 is 9.63 Å². The number of carbonyl (C=O) groups excluding carboxylic acids is 1. The van der Waals surface area contributed by atoms with Crippen LogP contribution in [-0.4, -0.2) is 44.2 Å². The van der Waals surface area contributed by atoms with Gasteiger partial charge in [-0.1, -0.05) is 0 Å². The van der Waals surface area contributed by atoms with Crippen LogP contribution in [0.4, 0.5) is 4.79 Å². The van der Waals surface area contributed by atoms with Gasteiger partial charge in [0.2, 0.25) is 0 Å². The van der Waals surface area contributed by atoms with Crippen LogP contribution >= 0.6 is 0 Å². The van der Waals surface area contributed by atoms with E-state index in [-0.39, 0.29) is 6.09 Å². The first-order valence-corrected chi connectivity index (χ1v) is 2.60. The number of carbonyl (C=O) groups is 1. The van der Waals surface area contributed by atoms with E-state index >= 15 is 0 Å². The van der Waals surface area contributed by atoms with Gasteiger partial charge >= 0.3 is 6.09 Å². The topological polar surface area (TPSA) is 32.8 Å². The maximum Gasteiger partial charge on any atom is 0.428 e.